The first-order valence-corrected chi connectivity index (χ1v) is 4.62. The van der Waals surface area contributed by atoms with Gasteiger partial charge in [-0.1, -0.05) is 32.6 Å². The largest absolute Gasteiger partial charge is 0.323 e. The van der Waals surface area contributed by atoms with Gasteiger partial charge in [-0.25, -0.2) is 8.78 Å². The molecule has 0 amide bonds. The summed E-state index contributed by atoms with van der Waals surface area (Å²) in [4.78, 5) is 0. The van der Waals surface area contributed by atoms with E-state index < -0.39 is 12.0 Å². The standard InChI is InChI=1S/C9H19F2N/c1-3-4-5-6-7-8(12)9(2,10)11/h8H,3-7,12H2,1-2H3. The Morgan fingerprint density at radius 1 is 1.25 bits per heavy atom. The second-order valence-corrected chi connectivity index (χ2v) is 3.41. The average molecular weight is 179 g/mol. The Kier molecular flexibility index (Phi) is 5.38. The third-order valence-corrected chi connectivity index (χ3v) is 2.02. The first-order valence-electron chi connectivity index (χ1n) is 4.62. The van der Waals surface area contributed by atoms with Crippen LogP contribution >= 0.6 is 0 Å². The zero-order valence-electron chi connectivity index (χ0n) is 7.95. The van der Waals surface area contributed by atoms with Crippen molar-refractivity contribution in [2.24, 2.45) is 5.73 Å². The SMILES string of the molecule is CCCCCCC(N)C(C)(F)F. The molecule has 12 heavy (non-hydrogen) atoms. The lowest BCUT2D eigenvalue weighted by Crippen LogP contribution is -2.38. The lowest BCUT2D eigenvalue weighted by atomic mass is 10.0. The normalized spacial score (nSPS) is 14.8. The van der Waals surface area contributed by atoms with E-state index in [2.05, 4.69) is 6.92 Å². The molecule has 0 rings (SSSR count). The average Bonchev–Trinajstić information content (AvgIpc) is 1.96. The van der Waals surface area contributed by atoms with Gasteiger partial charge in [0, 0.05) is 6.92 Å². The van der Waals surface area contributed by atoms with Crippen molar-refractivity contribution >= 4 is 0 Å². The third-order valence-electron chi connectivity index (χ3n) is 2.02. The second-order valence-electron chi connectivity index (χ2n) is 3.41. The molecule has 0 bridgehead atoms. The quantitative estimate of drug-likeness (QED) is 0.623. The molecule has 1 atom stereocenters. The minimum absolute atomic E-state index is 0.434. The van der Waals surface area contributed by atoms with Crippen molar-refractivity contribution in [1.82, 2.24) is 0 Å². The van der Waals surface area contributed by atoms with E-state index in [1.54, 1.807) is 0 Å². The zero-order valence-corrected chi connectivity index (χ0v) is 7.95. The van der Waals surface area contributed by atoms with Crippen LogP contribution in [0.2, 0.25) is 0 Å². The fourth-order valence-electron chi connectivity index (χ4n) is 1.04. The molecule has 0 saturated carbocycles. The minimum atomic E-state index is -2.72. The molecule has 0 spiro atoms. The molecule has 0 saturated heterocycles. The van der Waals surface area contributed by atoms with Crippen molar-refractivity contribution in [1.29, 1.82) is 0 Å². The predicted molar refractivity (Wildman–Crippen MR) is 47.4 cm³/mol. The van der Waals surface area contributed by atoms with Crippen LogP contribution in [0.15, 0.2) is 0 Å². The first-order chi connectivity index (χ1) is 5.48. The Hall–Kier alpha value is -0.180. The van der Waals surface area contributed by atoms with Crippen molar-refractivity contribution in [2.45, 2.75) is 57.9 Å². The molecule has 0 aromatic heterocycles. The monoisotopic (exact) mass is 179 g/mol. The predicted octanol–water partition coefficient (Wildman–Crippen LogP) is 2.94. The van der Waals surface area contributed by atoms with Crippen LogP contribution in [-0.2, 0) is 0 Å². The summed E-state index contributed by atoms with van der Waals surface area (Å²) in [6.45, 7) is 2.98. The highest BCUT2D eigenvalue weighted by molar-refractivity contribution is 4.74. The molecule has 0 fully saturated rings. The molecule has 1 nitrogen and oxygen atoms in total. The van der Waals surface area contributed by atoms with Crippen molar-refractivity contribution in [3.05, 3.63) is 0 Å². The van der Waals surface area contributed by atoms with Crippen LogP contribution < -0.4 is 5.73 Å². The molecule has 74 valence electrons. The maximum atomic E-state index is 12.5. The Bertz CT molecular complexity index is 110. The summed E-state index contributed by atoms with van der Waals surface area (Å²) in [5.41, 5.74) is 5.28. The van der Waals surface area contributed by atoms with E-state index in [0.29, 0.717) is 6.42 Å². The Balaban J connectivity index is 3.38. The van der Waals surface area contributed by atoms with Gasteiger partial charge in [-0.15, -0.1) is 0 Å². The third kappa shape index (κ3) is 5.47. The first kappa shape index (κ1) is 11.8. The van der Waals surface area contributed by atoms with Crippen molar-refractivity contribution < 1.29 is 8.78 Å². The van der Waals surface area contributed by atoms with Gasteiger partial charge < -0.3 is 5.73 Å². The van der Waals surface area contributed by atoms with E-state index in [1.807, 2.05) is 0 Å². The summed E-state index contributed by atoms with van der Waals surface area (Å²) in [6.07, 6.45) is 4.50. The molecular formula is C9H19F2N. The number of hydrogen-bond donors (Lipinski definition) is 1. The minimum Gasteiger partial charge on any atom is -0.323 e. The molecule has 0 radical (unpaired) electrons. The van der Waals surface area contributed by atoms with Crippen molar-refractivity contribution in [3.8, 4) is 0 Å². The molecule has 2 N–H and O–H groups in total. The summed E-state index contributed by atoms with van der Waals surface area (Å²) < 4.78 is 25.0. The molecule has 1 unspecified atom stereocenters. The summed E-state index contributed by atoms with van der Waals surface area (Å²) in [7, 11) is 0. The fourth-order valence-corrected chi connectivity index (χ4v) is 1.04. The van der Waals surface area contributed by atoms with E-state index >= 15 is 0 Å². The number of rotatable bonds is 6. The van der Waals surface area contributed by atoms with Crippen LogP contribution in [0.25, 0.3) is 0 Å². The van der Waals surface area contributed by atoms with E-state index in [-0.39, 0.29) is 0 Å². The molecule has 0 aliphatic carbocycles. The molecular weight excluding hydrogens is 160 g/mol. The van der Waals surface area contributed by atoms with Crippen molar-refractivity contribution in [3.63, 3.8) is 0 Å². The summed E-state index contributed by atoms with van der Waals surface area (Å²) in [6, 6.07) is -0.964. The van der Waals surface area contributed by atoms with E-state index in [1.165, 1.54) is 0 Å². The van der Waals surface area contributed by atoms with Gasteiger partial charge in [0.15, 0.2) is 0 Å². The van der Waals surface area contributed by atoms with Gasteiger partial charge in [0.2, 0.25) is 0 Å². The summed E-state index contributed by atoms with van der Waals surface area (Å²) >= 11 is 0. The number of unbranched alkanes of at least 4 members (excludes halogenated alkanes) is 3. The Labute approximate surface area is 73.3 Å². The number of halogens is 2. The maximum absolute atomic E-state index is 12.5. The van der Waals surface area contributed by atoms with Crippen LogP contribution in [0.5, 0.6) is 0 Å². The van der Waals surface area contributed by atoms with E-state index in [0.717, 1.165) is 32.6 Å². The zero-order chi connectivity index (χ0) is 9.61. The molecule has 0 aromatic rings. The van der Waals surface area contributed by atoms with Crippen LogP contribution in [0, 0.1) is 0 Å². The molecule has 0 aromatic carbocycles. The van der Waals surface area contributed by atoms with Gasteiger partial charge in [-0.3, -0.25) is 0 Å². The molecule has 3 heteroatoms. The highest BCUT2D eigenvalue weighted by Gasteiger charge is 2.29. The van der Waals surface area contributed by atoms with Crippen LogP contribution in [-0.4, -0.2) is 12.0 Å². The van der Waals surface area contributed by atoms with Gasteiger partial charge in [-0.2, -0.15) is 0 Å². The molecule has 0 aliphatic rings. The van der Waals surface area contributed by atoms with Crippen molar-refractivity contribution in [2.75, 3.05) is 0 Å². The van der Waals surface area contributed by atoms with E-state index in [9.17, 15) is 8.78 Å². The number of nitrogens with two attached hydrogens (primary N) is 1. The van der Waals surface area contributed by atoms with E-state index in [4.69, 9.17) is 5.73 Å². The Morgan fingerprint density at radius 3 is 2.25 bits per heavy atom. The van der Waals surface area contributed by atoms with Crippen LogP contribution in [0.4, 0.5) is 8.78 Å². The highest BCUT2D eigenvalue weighted by atomic mass is 19.3. The van der Waals surface area contributed by atoms with Gasteiger partial charge in [0.1, 0.15) is 0 Å². The lowest BCUT2D eigenvalue weighted by molar-refractivity contribution is -0.00849. The lowest BCUT2D eigenvalue weighted by Gasteiger charge is -2.18. The topological polar surface area (TPSA) is 26.0 Å². The second kappa shape index (κ2) is 5.46. The van der Waals surface area contributed by atoms with Crippen LogP contribution in [0.1, 0.15) is 46.0 Å². The number of hydrogen-bond acceptors (Lipinski definition) is 1. The van der Waals surface area contributed by atoms with Gasteiger partial charge in [0.25, 0.3) is 5.92 Å². The summed E-state index contributed by atoms with van der Waals surface area (Å²) in [5.74, 6) is -2.72. The van der Waals surface area contributed by atoms with Gasteiger partial charge in [0.05, 0.1) is 6.04 Å². The highest BCUT2D eigenvalue weighted by Crippen LogP contribution is 2.19. The maximum Gasteiger partial charge on any atom is 0.260 e. The van der Waals surface area contributed by atoms with Crippen LogP contribution in [0.3, 0.4) is 0 Å². The van der Waals surface area contributed by atoms with Gasteiger partial charge >= 0.3 is 0 Å². The smallest absolute Gasteiger partial charge is 0.260 e. The molecule has 0 heterocycles. The van der Waals surface area contributed by atoms with Gasteiger partial charge in [-0.05, 0) is 6.42 Å². The summed E-state index contributed by atoms with van der Waals surface area (Å²) in [5, 5.41) is 0. The fraction of sp³-hybridized carbons (Fsp3) is 1.00. The Morgan fingerprint density at radius 2 is 1.83 bits per heavy atom. The molecule has 0 aliphatic heterocycles. The number of alkyl halides is 2.